The van der Waals surface area contributed by atoms with Gasteiger partial charge in [-0.1, -0.05) is 18.2 Å². The standard InChI is InChI=1S/C22H26F2N2O4/c1-26(2)18(16-6-5-7-17(13-16)28-3)14-25-21(27)11-9-15-8-10-19(30-22(23)24)20(12-15)29-4/h5-13,18,22H,14H2,1-4H3,(H,25,27)/b11-9+. The summed E-state index contributed by atoms with van der Waals surface area (Å²) in [6, 6.07) is 12.1. The molecule has 30 heavy (non-hydrogen) atoms. The van der Waals surface area contributed by atoms with Gasteiger partial charge in [0.25, 0.3) is 0 Å². The van der Waals surface area contributed by atoms with Crippen molar-refractivity contribution in [3.63, 3.8) is 0 Å². The Labute approximate surface area is 175 Å². The van der Waals surface area contributed by atoms with Crippen molar-refractivity contribution in [2.75, 3.05) is 34.9 Å². The summed E-state index contributed by atoms with van der Waals surface area (Å²) in [7, 11) is 6.83. The van der Waals surface area contributed by atoms with Crippen LogP contribution in [0.5, 0.6) is 17.2 Å². The molecule has 2 rings (SSSR count). The van der Waals surface area contributed by atoms with Crippen LogP contribution < -0.4 is 19.5 Å². The van der Waals surface area contributed by atoms with Crippen LogP contribution in [0.1, 0.15) is 17.2 Å². The van der Waals surface area contributed by atoms with Gasteiger partial charge in [-0.15, -0.1) is 0 Å². The van der Waals surface area contributed by atoms with Crippen molar-refractivity contribution < 1.29 is 27.8 Å². The highest BCUT2D eigenvalue weighted by Crippen LogP contribution is 2.29. The number of ether oxygens (including phenoxy) is 3. The molecule has 0 aliphatic rings. The maximum absolute atomic E-state index is 12.4. The van der Waals surface area contributed by atoms with Crippen LogP contribution in [0.3, 0.4) is 0 Å². The van der Waals surface area contributed by atoms with E-state index in [1.807, 2.05) is 43.3 Å². The molecule has 0 bridgehead atoms. The molecule has 0 aliphatic carbocycles. The first-order valence-electron chi connectivity index (χ1n) is 9.23. The molecule has 162 valence electrons. The lowest BCUT2D eigenvalue weighted by molar-refractivity contribution is -0.116. The van der Waals surface area contributed by atoms with Crippen molar-refractivity contribution in [3.8, 4) is 17.2 Å². The van der Waals surface area contributed by atoms with Crippen LogP contribution in [-0.2, 0) is 4.79 Å². The Kier molecular flexibility index (Phi) is 8.61. The summed E-state index contributed by atoms with van der Waals surface area (Å²) in [5.74, 6) is 0.556. The second kappa shape index (κ2) is 11.2. The zero-order valence-corrected chi connectivity index (χ0v) is 17.4. The van der Waals surface area contributed by atoms with Gasteiger partial charge in [-0.25, -0.2) is 0 Å². The molecule has 1 atom stereocenters. The summed E-state index contributed by atoms with van der Waals surface area (Å²) in [6.07, 6.45) is 2.95. The molecule has 0 heterocycles. The molecular formula is C22H26F2N2O4. The van der Waals surface area contributed by atoms with Crippen LogP contribution in [0, 0.1) is 0 Å². The zero-order valence-electron chi connectivity index (χ0n) is 17.4. The van der Waals surface area contributed by atoms with Gasteiger partial charge in [0.15, 0.2) is 11.5 Å². The number of hydrogen-bond donors (Lipinski definition) is 1. The van der Waals surface area contributed by atoms with Crippen molar-refractivity contribution in [1.29, 1.82) is 0 Å². The molecule has 0 fully saturated rings. The number of amides is 1. The summed E-state index contributed by atoms with van der Waals surface area (Å²) < 4.78 is 39.5. The van der Waals surface area contributed by atoms with Crippen LogP contribution >= 0.6 is 0 Å². The smallest absolute Gasteiger partial charge is 0.387 e. The van der Waals surface area contributed by atoms with Crippen LogP contribution in [0.25, 0.3) is 6.08 Å². The normalized spacial score (nSPS) is 12.3. The van der Waals surface area contributed by atoms with Crippen LogP contribution in [-0.4, -0.2) is 52.3 Å². The Morgan fingerprint density at radius 1 is 1.10 bits per heavy atom. The highest BCUT2D eigenvalue weighted by Gasteiger charge is 2.15. The van der Waals surface area contributed by atoms with E-state index in [1.54, 1.807) is 19.3 Å². The number of carbonyl (C=O) groups is 1. The molecule has 8 heteroatoms. The minimum Gasteiger partial charge on any atom is -0.497 e. The van der Waals surface area contributed by atoms with E-state index in [-0.39, 0.29) is 23.4 Å². The number of likely N-dealkylation sites (N-methyl/N-ethyl adjacent to an activating group) is 1. The third-order valence-electron chi connectivity index (χ3n) is 4.40. The highest BCUT2D eigenvalue weighted by molar-refractivity contribution is 5.91. The van der Waals surface area contributed by atoms with Gasteiger partial charge in [-0.2, -0.15) is 8.78 Å². The number of benzene rings is 2. The quantitative estimate of drug-likeness (QED) is 0.594. The Morgan fingerprint density at radius 2 is 1.87 bits per heavy atom. The third-order valence-corrected chi connectivity index (χ3v) is 4.40. The summed E-state index contributed by atoms with van der Waals surface area (Å²) >= 11 is 0. The van der Waals surface area contributed by atoms with Gasteiger partial charge in [-0.05, 0) is 55.6 Å². The molecule has 0 aliphatic heterocycles. The Balaban J connectivity index is 2.02. The molecule has 1 unspecified atom stereocenters. The van der Waals surface area contributed by atoms with E-state index in [1.165, 1.54) is 25.3 Å². The first kappa shape index (κ1) is 23.2. The van der Waals surface area contributed by atoms with Crippen molar-refractivity contribution >= 4 is 12.0 Å². The minimum absolute atomic E-state index is 0.0386. The molecule has 2 aromatic rings. The van der Waals surface area contributed by atoms with E-state index in [4.69, 9.17) is 9.47 Å². The minimum atomic E-state index is -2.94. The van der Waals surface area contributed by atoms with Crippen molar-refractivity contribution in [1.82, 2.24) is 10.2 Å². The number of alkyl halides is 2. The second-order valence-electron chi connectivity index (χ2n) is 6.62. The molecule has 6 nitrogen and oxygen atoms in total. The lowest BCUT2D eigenvalue weighted by Gasteiger charge is -2.25. The van der Waals surface area contributed by atoms with Crippen LogP contribution in [0.15, 0.2) is 48.5 Å². The first-order valence-corrected chi connectivity index (χ1v) is 9.23. The monoisotopic (exact) mass is 420 g/mol. The average molecular weight is 420 g/mol. The zero-order chi connectivity index (χ0) is 22.1. The van der Waals surface area contributed by atoms with Gasteiger partial charge < -0.3 is 24.4 Å². The van der Waals surface area contributed by atoms with E-state index >= 15 is 0 Å². The molecule has 1 N–H and O–H groups in total. The Bertz CT molecular complexity index is 872. The Morgan fingerprint density at radius 3 is 2.50 bits per heavy atom. The number of hydrogen-bond acceptors (Lipinski definition) is 5. The Hall–Kier alpha value is -3.13. The van der Waals surface area contributed by atoms with E-state index < -0.39 is 6.61 Å². The predicted molar refractivity (Wildman–Crippen MR) is 111 cm³/mol. The number of methoxy groups -OCH3 is 2. The third kappa shape index (κ3) is 6.73. The van der Waals surface area contributed by atoms with Crippen molar-refractivity contribution in [3.05, 3.63) is 59.7 Å². The number of nitrogens with one attached hydrogen (secondary N) is 1. The average Bonchev–Trinajstić information content (AvgIpc) is 2.72. The first-order chi connectivity index (χ1) is 14.3. The summed E-state index contributed by atoms with van der Waals surface area (Å²) in [5, 5.41) is 2.87. The van der Waals surface area contributed by atoms with Crippen LogP contribution in [0.2, 0.25) is 0 Å². The summed E-state index contributed by atoms with van der Waals surface area (Å²) in [5.41, 5.74) is 1.63. The van der Waals surface area contributed by atoms with E-state index in [0.29, 0.717) is 12.1 Å². The van der Waals surface area contributed by atoms with E-state index in [0.717, 1.165) is 11.3 Å². The van der Waals surface area contributed by atoms with Gasteiger partial charge in [0.1, 0.15) is 5.75 Å². The number of carbonyl (C=O) groups excluding carboxylic acids is 1. The van der Waals surface area contributed by atoms with Gasteiger partial charge in [-0.3, -0.25) is 4.79 Å². The van der Waals surface area contributed by atoms with Crippen molar-refractivity contribution in [2.45, 2.75) is 12.7 Å². The molecule has 0 saturated heterocycles. The van der Waals surface area contributed by atoms with Gasteiger partial charge in [0.05, 0.1) is 20.3 Å². The molecule has 0 radical (unpaired) electrons. The van der Waals surface area contributed by atoms with E-state index in [2.05, 4.69) is 10.1 Å². The number of halogens is 2. The lowest BCUT2D eigenvalue weighted by Crippen LogP contribution is -2.33. The maximum atomic E-state index is 12.4. The SMILES string of the molecule is COc1cccc(C(CNC(=O)/C=C/c2ccc(OC(F)F)c(OC)c2)N(C)C)c1. The molecule has 0 spiro atoms. The second-order valence-corrected chi connectivity index (χ2v) is 6.62. The molecule has 0 aromatic heterocycles. The summed E-state index contributed by atoms with van der Waals surface area (Å²) in [4.78, 5) is 14.3. The highest BCUT2D eigenvalue weighted by atomic mass is 19.3. The predicted octanol–water partition coefficient (Wildman–Crippen LogP) is 3.74. The summed E-state index contributed by atoms with van der Waals surface area (Å²) in [6.45, 7) is -2.55. The van der Waals surface area contributed by atoms with Gasteiger partial charge >= 0.3 is 6.61 Å². The van der Waals surface area contributed by atoms with Crippen molar-refractivity contribution in [2.24, 2.45) is 0 Å². The molecular weight excluding hydrogens is 394 g/mol. The fourth-order valence-corrected chi connectivity index (χ4v) is 2.86. The van der Waals surface area contributed by atoms with E-state index in [9.17, 15) is 13.6 Å². The molecule has 1 amide bonds. The largest absolute Gasteiger partial charge is 0.497 e. The van der Waals surface area contributed by atoms with Gasteiger partial charge in [0.2, 0.25) is 5.91 Å². The fraction of sp³-hybridized carbons (Fsp3) is 0.318. The topological polar surface area (TPSA) is 60.0 Å². The number of nitrogens with zero attached hydrogens (tertiary/aromatic N) is 1. The molecule has 0 saturated carbocycles. The molecule has 2 aromatic carbocycles. The number of rotatable bonds is 10. The van der Waals surface area contributed by atoms with Crippen LogP contribution in [0.4, 0.5) is 8.78 Å². The fourth-order valence-electron chi connectivity index (χ4n) is 2.86. The maximum Gasteiger partial charge on any atom is 0.387 e. The van der Waals surface area contributed by atoms with Gasteiger partial charge in [0, 0.05) is 12.6 Å². The lowest BCUT2D eigenvalue weighted by atomic mass is 10.1.